The van der Waals surface area contributed by atoms with E-state index in [-0.39, 0.29) is 11.3 Å². The highest BCUT2D eigenvalue weighted by Gasteiger charge is 2.23. The molecule has 3 rings (SSSR count). The van der Waals surface area contributed by atoms with E-state index < -0.39 is 11.9 Å². The topological polar surface area (TPSA) is 82.5 Å². The van der Waals surface area contributed by atoms with Crippen molar-refractivity contribution in [2.75, 3.05) is 16.8 Å². The standard InChI is InChI=1S/C18H18ClN3O3/c1-11-3-2-8-22(11)16-10-13(19)9-15(21-16)17(23)20-14-6-4-12(5-7-14)18(24)25/h4-7,9-11H,2-3,8H2,1H3,(H,20,23)(H,24,25)/t11-/m0/s1. The van der Waals surface area contributed by atoms with E-state index in [0.717, 1.165) is 19.4 Å². The van der Waals surface area contributed by atoms with Crippen LogP contribution in [-0.2, 0) is 0 Å². The molecule has 0 spiro atoms. The van der Waals surface area contributed by atoms with Gasteiger partial charge in [-0.05, 0) is 56.2 Å². The van der Waals surface area contributed by atoms with Crippen molar-refractivity contribution in [2.45, 2.75) is 25.8 Å². The fourth-order valence-corrected chi connectivity index (χ4v) is 3.11. The van der Waals surface area contributed by atoms with Gasteiger partial charge in [0, 0.05) is 23.3 Å². The summed E-state index contributed by atoms with van der Waals surface area (Å²) in [6.45, 7) is 3.02. The Morgan fingerprint density at radius 3 is 2.60 bits per heavy atom. The largest absolute Gasteiger partial charge is 0.478 e. The molecule has 2 heterocycles. The Balaban J connectivity index is 1.79. The van der Waals surface area contributed by atoms with Crippen LogP contribution in [0.5, 0.6) is 0 Å². The van der Waals surface area contributed by atoms with E-state index in [4.69, 9.17) is 16.7 Å². The Morgan fingerprint density at radius 2 is 2.00 bits per heavy atom. The third kappa shape index (κ3) is 3.91. The smallest absolute Gasteiger partial charge is 0.335 e. The van der Waals surface area contributed by atoms with Crippen molar-refractivity contribution in [3.63, 3.8) is 0 Å². The maximum Gasteiger partial charge on any atom is 0.335 e. The number of carboxylic acids is 1. The molecule has 0 unspecified atom stereocenters. The number of anilines is 2. The molecule has 0 saturated carbocycles. The first-order valence-corrected chi connectivity index (χ1v) is 8.41. The SMILES string of the molecule is C[C@H]1CCCN1c1cc(Cl)cc(C(=O)Nc2ccc(C(=O)O)cc2)n1. The molecule has 1 saturated heterocycles. The van der Waals surface area contributed by atoms with Gasteiger partial charge in [0.2, 0.25) is 0 Å². The van der Waals surface area contributed by atoms with Crippen LogP contribution in [0.1, 0.15) is 40.6 Å². The zero-order chi connectivity index (χ0) is 18.0. The molecule has 6 nitrogen and oxygen atoms in total. The van der Waals surface area contributed by atoms with Crippen LogP contribution in [0.3, 0.4) is 0 Å². The van der Waals surface area contributed by atoms with Gasteiger partial charge in [-0.2, -0.15) is 0 Å². The molecule has 1 amide bonds. The highest BCUT2D eigenvalue weighted by molar-refractivity contribution is 6.31. The van der Waals surface area contributed by atoms with Crippen LogP contribution in [0.15, 0.2) is 36.4 Å². The van der Waals surface area contributed by atoms with E-state index in [0.29, 0.717) is 22.6 Å². The molecular weight excluding hydrogens is 342 g/mol. The summed E-state index contributed by atoms with van der Waals surface area (Å²) in [6.07, 6.45) is 2.18. The van der Waals surface area contributed by atoms with Gasteiger partial charge in [-0.25, -0.2) is 9.78 Å². The molecule has 0 bridgehead atoms. The van der Waals surface area contributed by atoms with E-state index >= 15 is 0 Å². The summed E-state index contributed by atoms with van der Waals surface area (Å²) in [7, 11) is 0. The number of aromatic carboxylic acids is 1. The first kappa shape index (κ1) is 17.2. The van der Waals surface area contributed by atoms with Crippen LogP contribution in [0.25, 0.3) is 0 Å². The summed E-state index contributed by atoms with van der Waals surface area (Å²) < 4.78 is 0. The monoisotopic (exact) mass is 359 g/mol. The van der Waals surface area contributed by atoms with Gasteiger partial charge in [0.05, 0.1) is 5.56 Å². The molecule has 1 atom stereocenters. The highest BCUT2D eigenvalue weighted by Crippen LogP contribution is 2.26. The second kappa shape index (κ2) is 7.11. The van der Waals surface area contributed by atoms with E-state index in [2.05, 4.69) is 22.1 Å². The zero-order valence-electron chi connectivity index (χ0n) is 13.7. The summed E-state index contributed by atoms with van der Waals surface area (Å²) in [6, 6.07) is 9.59. The van der Waals surface area contributed by atoms with Gasteiger partial charge in [0.1, 0.15) is 11.5 Å². The summed E-state index contributed by atoms with van der Waals surface area (Å²) in [5, 5.41) is 12.1. The molecule has 2 N–H and O–H groups in total. The molecule has 1 aliphatic heterocycles. The van der Waals surface area contributed by atoms with E-state index in [1.54, 1.807) is 6.07 Å². The van der Waals surface area contributed by atoms with Crippen LogP contribution in [-0.4, -0.2) is 34.6 Å². The number of benzene rings is 1. The number of nitrogens with zero attached hydrogens (tertiary/aromatic N) is 2. The second-order valence-corrected chi connectivity index (χ2v) is 6.49. The Morgan fingerprint density at radius 1 is 1.28 bits per heavy atom. The first-order chi connectivity index (χ1) is 11.9. The average Bonchev–Trinajstić information content (AvgIpc) is 3.01. The number of halogens is 1. The molecular formula is C18H18ClN3O3. The maximum atomic E-state index is 12.5. The first-order valence-electron chi connectivity index (χ1n) is 8.03. The van der Waals surface area contributed by atoms with Gasteiger partial charge in [-0.3, -0.25) is 4.79 Å². The lowest BCUT2D eigenvalue weighted by Crippen LogP contribution is -2.28. The molecule has 1 fully saturated rings. The van der Waals surface area contributed by atoms with Gasteiger partial charge < -0.3 is 15.3 Å². The van der Waals surface area contributed by atoms with Gasteiger partial charge in [0.25, 0.3) is 5.91 Å². The predicted octanol–water partition coefficient (Wildman–Crippen LogP) is 3.67. The zero-order valence-corrected chi connectivity index (χ0v) is 14.5. The minimum Gasteiger partial charge on any atom is -0.478 e. The Hall–Kier alpha value is -2.60. The van der Waals surface area contributed by atoms with E-state index in [1.807, 2.05) is 0 Å². The number of aromatic nitrogens is 1. The van der Waals surface area contributed by atoms with Crippen LogP contribution < -0.4 is 10.2 Å². The number of hydrogen-bond acceptors (Lipinski definition) is 4. The Kier molecular flexibility index (Phi) is 4.90. The van der Waals surface area contributed by atoms with Crippen LogP contribution >= 0.6 is 11.6 Å². The number of carboxylic acid groups (broad SMARTS) is 1. The minimum atomic E-state index is -1.02. The van der Waals surface area contributed by atoms with Crippen molar-refractivity contribution in [3.8, 4) is 0 Å². The van der Waals surface area contributed by atoms with Gasteiger partial charge in [-0.15, -0.1) is 0 Å². The lowest BCUT2D eigenvalue weighted by atomic mass is 10.2. The number of hydrogen-bond donors (Lipinski definition) is 2. The van der Waals surface area contributed by atoms with Crippen molar-refractivity contribution >= 4 is 35.0 Å². The minimum absolute atomic E-state index is 0.157. The number of pyridine rings is 1. The van der Waals surface area contributed by atoms with Crippen LogP contribution in [0.4, 0.5) is 11.5 Å². The third-order valence-electron chi connectivity index (χ3n) is 4.25. The molecule has 2 aromatic rings. The van der Waals surface area contributed by atoms with Crippen LogP contribution in [0.2, 0.25) is 5.02 Å². The van der Waals surface area contributed by atoms with Crippen molar-refractivity contribution in [1.29, 1.82) is 0 Å². The molecule has 0 radical (unpaired) electrons. The van der Waals surface area contributed by atoms with Crippen molar-refractivity contribution in [3.05, 3.63) is 52.7 Å². The van der Waals surface area contributed by atoms with Gasteiger partial charge in [0.15, 0.2) is 0 Å². The van der Waals surface area contributed by atoms with Gasteiger partial charge >= 0.3 is 5.97 Å². The molecule has 1 aromatic carbocycles. The highest BCUT2D eigenvalue weighted by atomic mass is 35.5. The number of rotatable bonds is 4. The number of carbonyl (C=O) groups is 2. The fraction of sp³-hybridized carbons (Fsp3) is 0.278. The fourth-order valence-electron chi connectivity index (χ4n) is 2.91. The third-order valence-corrected chi connectivity index (χ3v) is 4.46. The van der Waals surface area contributed by atoms with Gasteiger partial charge in [-0.1, -0.05) is 11.6 Å². The normalized spacial score (nSPS) is 16.7. The van der Waals surface area contributed by atoms with E-state index in [1.165, 1.54) is 30.3 Å². The van der Waals surface area contributed by atoms with Crippen molar-refractivity contribution in [2.24, 2.45) is 0 Å². The number of nitrogens with one attached hydrogen (secondary N) is 1. The Bertz CT molecular complexity index is 808. The summed E-state index contributed by atoms with van der Waals surface area (Å²) >= 11 is 6.17. The number of amides is 1. The lowest BCUT2D eigenvalue weighted by Gasteiger charge is -2.23. The summed E-state index contributed by atoms with van der Waals surface area (Å²) in [5.41, 5.74) is 0.876. The quantitative estimate of drug-likeness (QED) is 0.870. The van der Waals surface area contributed by atoms with Crippen molar-refractivity contribution < 1.29 is 14.7 Å². The molecule has 25 heavy (non-hydrogen) atoms. The number of carbonyl (C=O) groups excluding carboxylic acids is 1. The Labute approximate surface area is 150 Å². The molecule has 7 heteroatoms. The predicted molar refractivity (Wildman–Crippen MR) is 96.6 cm³/mol. The van der Waals surface area contributed by atoms with Crippen molar-refractivity contribution in [1.82, 2.24) is 4.98 Å². The average molecular weight is 360 g/mol. The molecule has 130 valence electrons. The summed E-state index contributed by atoms with van der Waals surface area (Å²) in [5.74, 6) is -0.707. The lowest BCUT2D eigenvalue weighted by molar-refractivity contribution is 0.0696. The van der Waals surface area contributed by atoms with E-state index in [9.17, 15) is 9.59 Å². The molecule has 1 aromatic heterocycles. The molecule has 0 aliphatic carbocycles. The second-order valence-electron chi connectivity index (χ2n) is 6.05. The van der Waals surface area contributed by atoms with Crippen LogP contribution in [0, 0.1) is 0 Å². The summed E-state index contributed by atoms with van der Waals surface area (Å²) in [4.78, 5) is 29.9. The maximum absolute atomic E-state index is 12.5. The molecule has 1 aliphatic rings.